The molecule has 20 heavy (non-hydrogen) atoms. The van der Waals surface area contributed by atoms with E-state index < -0.39 is 5.97 Å². The monoisotopic (exact) mass is 277 g/mol. The molecule has 2 heterocycles. The molecule has 1 unspecified atom stereocenters. The SMILES string of the molecule is CCN1CCCC1CN(C)c1nccc(C)c1C(=O)O. The molecule has 0 radical (unpaired) electrons. The lowest BCUT2D eigenvalue weighted by molar-refractivity contribution is 0.0696. The summed E-state index contributed by atoms with van der Waals surface area (Å²) in [5.74, 6) is -0.336. The second-order valence-corrected chi connectivity index (χ2v) is 5.44. The molecule has 1 aliphatic heterocycles. The zero-order valence-corrected chi connectivity index (χ0v) is 12.5. The number of likely N-dealkylation sites (tertiary alicyclic amines) is 1. The van der Waals surface area contributed by atoms with Gasteiger partial charge >= 0.3 is 5.97 Å². The number of hydrogen-bond acceptors (Lipinski definition) is 4. The van der Waals surface area contributed by atoms with E-state index in [9.17, 15) is 9.90 Å². The number of nitrogens with zero attached hydrogens (tertiary/aromatic N) is 3. The van der Waals surface area contributed by atoms with Crippen molar-refractivity contribution in [2.75, 3.05) is 31.6 Å². The lowest BCUT2D eigenvalue weighted by atomic mass is 10.1. The third kappa shape index (κ3) is 2.93. The first-order valence-corrected chi connectivity index (χ1v) is 7.18. The number of aryl methyl sites for hydroxylation is 1. The summed E-state index contributed by atoms with van der Waals surface area (Å²) < 4.78 is 0. The van der Waals surface area contributed by atoms with Crippen molar-refractivity contribution in [1.29, 1.82) is 0 Å². The molecule has 1 atom stereocenters. The van der Waals surface area contributed by atoms with Crippen LogP contribution in [0, 0.1) is 6.92 Å². The summed E-state index contributed by atoms with van der Waals surface area (Å²) in [5.41, 5.74) is 1.07. The Kier molecular flexibility index (Phi) is 4.60. The number of hydrogen-bond donors (Lipinski definition) is 1. The number of pyridine rings is 1. The summed E-state index contributed by atoms with van der Waals surface area (Å²) >= 11 is 0. The Balaban J connectivity index is 2.19. The summed E-state index contributed by atoms with van der Waals surface area (Å²) in [5, 5.41) is 9.38. The fourth-order valence-electron chi connectivity index (χ4n) is 3.02. The molecule has 110 valence electrons. The maximum Gasteiger partial charge on any atom is 0.339 e. The van der Waals surface area contributed by atoms with Gasteiger partial charge in [-0.3, -0.25) is 4.90 Å². The standard InChI is InChI=1S/C15H23N3O2/c1-4-18-9-5-6-12(18)10-17(3)14-13(15(19)20)11(2)7-8-16-14/h7-8,12H,4-6,9-10H2,1-3H3,(H,19,20). The van der Waals surface area contributed by atoms with Gasteiger partial charge in [-0.2, -0.15) is 0 Å². The van der Waals surface area contributed by atoms with Crippen molar-refractivity contribution in [2.45, 2.75) is 32.7 Å². The zero-order chi connectivity index (χ0) is 14.7. The molecule has 1 N–H and O–H groups in total. The summed E-state index contributed by atoms with van der Waals surface area (Å²) in [6.45, 7) is 7.00. The summed E-state index contributed by atoms with van der Waals surface area (Å²) in [6, 6.07) is 2.24. The Morgan fingerprint density at radius 1 is 1.60 bits per heavy atom. The number of anilines is 1. The Hall–Kier alpha value is -1.62. The molecule has 5 heteroatoms. The number of carboxylic acids is 1. The van der Waals surface area contributed by atoms with E-state index in [2.05, 4.69) is 16.8 Å². The Morgan fingerprint density at radius 2 is 2.35 bits per heavy atom. The molecule has 0 saturated carbocycles. The van der Waals surface area contributed by atoms with E-state index in [-0.39, 0.29) is 0 Å². The Labute approximate surface area is 120 Å². The molecule has 0 amide bonds. The van der Waals surface area contributed by atoms with Gasteiger partial charge < -0.3 is 10.0 Å². The summed E-state index contributed by atoms with van der Waals surface area (Å²) in [6.07, 6.45) is 4.08. The normalized spacial score (nSPS) is 19.2. The van der Waals surface area contributed by atoms with Crippen LogP contribution in [-0.4, -0.2) is 53.7 Å². The average molecular weight is 277 g/mol. The maximum atomic E-state index is 11.4. The van der Waals surface area contributed by atoms with Crippen LogP contribution in [0.15, 0.2) is 12.3 Å². The second-order valence-electron chi connectivity index (χ2n) is 5.44. The molecule has 0 spiro atoms. The summed E-state index contributed by atoms with van der Waals surface area (Å²) in [4.78, 5) is 20.1. The first-order chi connectivity index (χ1) is 9.54. The minimum absolute atomic E-state index is 0.316. The van der Waals surface area contributed by atoms with E-state index in [0.29, 0.717) is 17.4 Å². The van der Waals surface area contributed by atoms with Gasteiger partial charge in [0.15, 0.2) is 0 Å². The number of aromatic nitrogens is 1. The van der Waals surface area contributed by atoms with E-state index in [1.165, 1.54) is 12.8 Å². The fraction of sp³-hybridized carbons (Fsp3) is 0.600. The van der Waals surface area contributed by atoms with E-state index in [1.54, 1.807) is 12.3 Å². The zero-order valence-electron chi connectivity index (χ0n) is 12.5. The van der Waals surface area contributed by atoms with Gasteiger partial charge in [-0.25, -0.2) is 9.78 Å². The largest absolute Gasteiger partial charge is 0.478 e. The molecular weight excluding hydrogens is 254 g/mol. The van der Waals surface area contributed by atoms with Gasteiger partial charge in [-0.1, -0.05) is 6.92 Å². The van der Waals surface area contributed by atoms with Crippen LogP contribution < -0.4 is 4.90 Å². The Bertz CT molecular complexity index is 490. The van der Waals surface area contributed by atoms with Crippen molar-refractivity contribution in [1.82, 2.24) is 9.88 Å². The minimum atomic E-state index is -0.906. The van der Waals surface area contributed by atoms with Crippen LogP contribution in [0.1, 0.15) is 35.7 Å². The van der Waals surface area contributed by atoms with Crippen molar-refractivity contribution >= 4 is 11.8 Å². The number of carbonyl (C=O) groups is 1. The highest BCUT2D eigenvalue weighted by molar-refractivity contribution is 5.94. The number of carboxylic acid groups (broad SMARTS) is 1. The first-order valence-electron chi connectivity index (χ1n) is 7.18. The molecule has 5 nitrogen and oxygen atoms in total. The molecular formula is C15H23N3O2. The van der Waals surface area contributed by atoms with E-state index in [4.69, 9.17) is 0 Å². The molecule has 0 bridgehead atoms. The van der Waals surface area contributed by atoms with E-state index in [1.807, 2.05) is 18.9 Å². The van der Waals surface area contributed by atoms with Gasteiger partial charge in [0.1, 0.15) is 11.4 Å². The molecule has 1 aromatic heterocycles. The lowest BCUT2D eigenvalue weighted by Crippen LogP contribution is -2.39. The van der Waals surface area contributed by atoms with Crippen molar-refractivity contribution in [3.63, 3.8) is 0 Å². The second kappa shape index (κ2) is 6.22. The van der Waals surface area contributed by atoms with Crippen LogP contribution in [0.4, 0.5) is 5.82 Å². The van der Waals surface area contributed by atoms with Crippen LogP contribution in [0.2, 0.25) is 0 Å². The van der Waals surface area contributed by atoms with Gasteiger partial charge in [0, 0.05) is 25.8 Å². The van der Waals surface area contributed by atoms with E-state index in [0.717, 1.165) is 25.2 Å². The van der Waals surface area contributed by atoms with Crippen LogP contribution >= 0.6 is 0 Å². The number of likely N-dealkylation sites (N-methyl/N-ethyl adjacent to an activating group) is 2. The van der Waals surface area contributed by atoms with Gasteiger partial charge in [0.05, 0.1) is 0 Å². The smallest absolute Gasteiger partial charge is 0.339 e. The van der Waals surface area contributed by atoms with Crippen molar-refractivity contribution in [3.05, 3.63) is 23.4 Å². The predicted octanol–water partition coefficient (Wildman–Crippen LogP) is 2.01. The third-order valence-electron chi connectivity index (χ3n) is 4.10. The molecule has 1 saturated heterocycles. The van der Waals surface area contributed by atoms with Gasteiger partial charge in [-0.15, -0.1) is 0 Å². The molecule has 2 rings (SSSR count). The highest BCUT2D eigenvalue weighted by Crippen LogP contribution is 2.23. The predicted molar refractivity (Wildman–Crippen MR) is 79.5 cm³/mol. The average Bonchev–Trinajstić information content (AvgIpc) is 2.85. The van der Waals surface area contributed by atoms with Crippen LogP contribution in [0.25, 0.3) is 0 Å². The van der Waals surface area contributed by atoms with Crippen LogP contribution in [0.5, 0.6) is 0 Å². The maximum absolute atomic E-state index is 11.4. The highest BCUT2D eigenvalue weighted by Gasteiger charge is 2.26. The first kappa shape index (κ1) is 14.8. The van der Waals surface area contributed by atoms with Gasteiger partial charge in [0.2, 0.25) is 0 Å². The van der Waals surface area contributed by atoms with Crippen LogP contribution in [-0.2, 0) is 0 Å². The fourth-order valence-corrected chi connectivity index (χ4v) is 3.02. The van der Waals surface area contributed by atoms with E-state index >= 15 is 0 Å². The van der Waals surface area contributed by atoms with Crippen molar-refractivity contribution in [2.24, 2.45) is 0 Å². The minimum Gasteiger partial charge on any atom is -0.478 e. The van der Waals surface area contributed by atoms with Crippen LogP contribution in [0.3, 0.4) is 0 Å². The third-order valence-corrected chi connectivity index (χ3v) is 4.10. The Morgan fingerprint density at radius 3 is 3.00 bits per heavy atom. The highest BCUT2D eigenvalue weighted by atomic mass is 16.4. The lowest BCUT2D eigenvalue weighted by Gasteiger charge is -2.29. The molecule has 0 aliphatic carbocycles. The molecule has 1 aromatic rings. The van der Waals surface area contributed by atoms with Gasteiger partial charge in [-0.05, 0) is 44.5 Å². The van der Waals surface area contributed by atoms with Gasteiger partial charge in [0.25, 0.3) is 0 Å². The molecule has 1 aliphatic rings. The molecule has 0 aromatic carbocycles. The molecule has 1 fully saturated rings. The topological polar surface area (TPSA) is 56.7 Å². The van der Waals surface area contributed by atoms with Crippen molar-refractivity contribution in [3.8, 4) is 0 Å². The summed E-state index contributed by atoms with van der Waals surface area (Å²) in [7, 11) is 1.93. The van der Waals surface area contributed by atoms with Crippen molar-refractivity contribution < 1.29 is 9.90 Å². The number of aromatic carboxylic acids is 1. The quantitative estimate of drug-likeness (QED) is 0.892. The number of rotatable bonds is 5.